The van der Waals surface area contributed by atoms with Crippen molar-refractivity contribution in [3.8, 4) is 5.75 Å². The van der Waals surface area contributed by atoms with Gasteiger partial charge in [-0.15, -0.1) is 0 Å². The maximum Gasteiger partial charge on any atom is 0.480 e. The van der Waals surface area contributed by atoms with E-state index in [1.54, 1.807) is 0 Å². The summed E-state index contributed by atoms with van der Waals surface area (Å²) >= 11 is 0. The van der Waals surface area contributed by atoms with Crippen LogP contribution >= 0.6 is 0 Å². The molecule has 0 aromatic heterocycles. The van der Waals surface area contributed by atoms with Crippen LogP contribution in [0.1, 0.15) is 30.9 Å². The fourth-order valence-electron chi connectivity index (χ4n) is 3.23. The molecule has 3 aromatic rings. The van der Waals surface area contributed by atoms with Gasteiger partial charge in [-0.2, -0.15) is 0 Å². The minimum absolute atomic E-state index is 0.253. The van der Waals surface area contributed by atoms with Crippen LogP contribution in [0, 0.1) is 0 Å². The van der Waals surface area contributed by atoms with Crippen LogP contribution < -0.4 is 9.64 Å². The molecule has 0 aliphatic carbocycles. The summed E-state index contributed by atoms with van der Waals surface area (Å²) in [6, 6.07) is 26.6. The fraction of sp³-hybridized carbons (Fsp3) is 0.240. The zero-order valence-electron chi connectivity index (χ0n) is 16.8. The van der Waals surface area contributed by atoms with E-state index in [9.17, 15) is 0 Å². The topological polar surface area (TPSA) is 54.1 Å². The number of carboxylic acid groups (broad SMARTS) is 1. The molecule has 150 valence electrons. The number of carboxylic acids is 1. The minimum atomic E-state index is -0.530. The molecule has 3 rings (SSSR count). The van der Waals surface area contributed by atoms with Gasteiger partial charge in [0.25, 0.3) is 0 Å². The monoisotopic (exact) mass is 390 g/mol. The smallest absolute Gasteiger partial charge is 0.480 e. The largest absolute Gasteiger partial charge is 0.489 e. The van der Waals surface area contributed by atoms with Gasteiger partial charge in [0.15, 0.2) is 0 Å². The van der Waals surface area contributed by atoms with Crippen molar-refractivity contribution in [3.63, 3.8) is 0 Å². The highest BCUT2D eigenvalue weighted by atomic mass is 16.5. The summed E-state index contributed by atoms with van der Waals surface area (Å²) in [6.07, 6.45) is 1.91. The zero-order chi connectivity index (χ0) is 20.5. The predicted octanol–water partition coefficient (Wildman–Crippen LogP) is 5.81. The molecule has 0 heterocycles. The Balaban J connectivity index is 1.65. The second kappa shape index (κ2) is 10.3. The molecule has 0 atom stereocenters. The first-order chi connectivity index (χ1) is 14.2. The molecule has 0 fully saturated rings. The number of ether oxygens (including phenoxy) is 1. The summed E-state index contributed by atoms with van der Waals surface area (Å²) in [5.41, 5.74) is 4.50. The third-order valence-corrected chi connectivity index (χ3v) is 4.70. The summed E-state index contributed by atoms with van der Waals surface area (Å²) < 4.78 is 5.95. The molecule has 0 saturated heterocycles. The van der Waals surface area contributed by atoms with Crippen LogP contribution in [0.3, 0.4) is 0 Å². The molecule has 0 amide bonds. The summed E-state index contributed by atoms with van der Waals surface area (Å²) in [7, 11) is 0. The highest BCUT2D eigenvalue weighted by Crippen LogP contribution is 2.26. The number of hydrogen-bond acceptors (Lipinski definition) is 2. The van der Waals surface area contributed by atoms with Gasteiger partial charge in [-0.05, 0) is 60.4 Å². The van der Waals surface area contributed by atoms with E-state index in [4.69, 9.17) is 14.6 Å². The molecular formula is C25H28NO3+. The predicted molar refractivity (Wildman–Crippen MR) is 119 cm³/mol. The Bertz CT molecular complexity index is 907. The summed E-state index contributed by atoms with van der Waals surface area (Å²) in [5, 5.41) is 8.89. The number of anilines is 2. The highest BCUT2D eigenvalue weighted by Gasteiger charge is 2.09. The molecule has 0 bridgehead atoms. The average Bonchev–Trinajstić information content (AvgIpc) is 2.76. The van der Waals surface area contributed by atoms with E-state index in [0.29, 0.717) is 13.0 Å². The molecule has 0 radical (unpaired) electrons. The average molecular weight is 391 g/mol. The second-order valence-corrected chi connectivity index (χ2v) is 7.01. The SMILES string of the molecule is CCCN(c1ccccc1)c1cccc(COc2ccc(CCC(O)=[OH+])cc2)c1. The first-order valence-electron chi connectivity index (χ1n) is 10.0. The van der Waals surface area contributed by atoms with E-state index in [1.807, 2.05) is 30.3 Å². The van der Waals surface area contributed by atoms with Crippen molar-refractivity contribution in [2.75, 3.05) is 11.4 Å². The van der Waals surface area contributed by atoms with Crippen molar-refractivity contribution in [1.82, 2.24) is 0 Å². The number of aliphatic hydroxyl groups excluding tert-OH is 1. The van der Waals surface area contributed by atoms with E-state index in [1.165, 1.54) is 5.69 Å². The lowest BCUT2D eigenvalue weighted by atomic mass is 10.1. The number of nitrogens with zero attached hydrogens (tertiary/aromatic N) is 1. The van der Waals surface area contributed by atoms with Crippen LogP contribution in [0.15, 0.2) is 78.9 Å². The molecule has 2 N–H and O–H groups in total. The van der Waals surface area contributed by atoms with Gasteiger partial charge < -0.3 is 19.5 Å². The van der Waals surface area contributed by atoms with Crippen LogP contribution in [0.2, 0.25) is 0 Å². The molecule has 0 unspecified atom stereocenters. The van der Waals surface area contributed by atoms with Gasteiger partial charge in [0.05, 0.1) is 0 Å². The first-order valence-corrected chi connectivity index (χ1v) is 10.0. The molecule has 29 heavy (non-hydrogen) atoms. The van der Waals surface area contributed by atoms with Crippen molar-refractivity contribution in [2.45, 2.75) is 32.8 Å². The van der Waals surface area contributed by atoms with Crippen molar-refractivity contribution in [3.05, 3.63) is 90.0 Å². The van der Waals surface area contributed by atoms with Gasteiger partial charge in [-0.3, -0.25) is 0 Å². The third kappa shape index (κ3) is 6.11. The van der Waals surface area contributed by atoms with Crippen LogP contribution in [-0.2, 0) is 13.0 Å². The van der Waals surface area contributed by atoms with Crippen molar-refractivity contribution < 1.29 is 14.6 Å². The quantitative estimate of drug-likeness (QED) is 0.445. The number of benzene rings is 3. The lowest BCUT2D eigenvalue weighted by Gasteiger charge is -2.25. The van der Waals surface area contributed by atoms with Gasteiger partial charge in [0.2, 0.25) is 0 Å². The standard InChI is InChI=1S/C25H27NO3/c1-2-17-26(22-8-4-3-5-9-22)23-10-6-7-21(18-23)19-29-24-14-11-20(12-15-24)13-16-25(27)28/h3-12,14-15,18H,2,13,16-17,19H2,1H3,(H,27,28)/p+1. The number of aryl methyl sites for hydroxylation is 1. The number of aliphatic carboxylic acids is 1. The molecule has 0 saturated carbocycles. The number of hydrogen-bond donors (Lipinski definition) is 1. The number of para-hydroxylation sites is 1. The molecular weight excluding hydrogens is 362 g/mol. The Morgan fingerprint density at radius 2 is 1.62 bits per heavy atom. The van der Waals surface area contributed by atoms with E-state index in [0.717, 1.165) is 35.5 Å². The van der Waals surface area contributed by atoms with Crippen LogP contribution in [-0.4, -0.2) is 22.4 Å². The van der Waals surface area contributed by atoms with E-state index in [2.05, 4.69) is 60.4 Å². The van der Waals surface area contributed by atoms with Crippen molar-refractivity contribution >= 4 is 17.3 Å². The third-order valence-electron chi connectivity index (χ3n) is 4.70. The van der Waals surface area contributed by atoms with Crippen LogP contribution in [0.25, 0.3) is 0 Å². The Morgan fingerprint density at radius 1 is 0.897 bits per heavy atom. The van der Waals surface area contributed by atoms with Gasteiger partial charge in [-0.25, -0.2) is 0 Å². The molecule has 3 aromatic carbocycles. The van der Waals surface area contributed by atoms with Crippen LogP contribution in [0.4, 0.5) is 11.4 Å². The van der Waals surface area contributed by atoms with E-state index >= 15 is 0 Å². The molecule has 4 heteroatoms. The molecule has 0 spiro atoms. The zero-order valence-corrected chi connectivity index (χ0v) is 16.8. The summed E-state index contributed by atoms with van der Waals surface area (Å²) in [4.78, 5) is 11.2. The van der Waals surface area contributed by atoms with Gasteiger partial charge in [0, 0.05) is 17.9 Å². The second-order valence-electron chi connectivity index (χ2n) is 7.01. The van der Waals surface area contributed by atoms with Crippen LogP contribution in [0.5, 0.6) is 5.75 Å². The molecule has 4 nitrogen and oxygen atoms in total. The summed E-state index contributed by atoms with van der Waals surface area (Å²) in [5.74, 6) is 0.266. The molecule has 0 aliphatic heterocycles. The highest BCUT2D eigenvalue weighted by molar-refractivity contribution is 5.68. The lowest BCUT2D eigenvalue weighted by Crippen LogP contribution is -2.17. The Hall–Kier alpha value is -3.27. The summed E-state index contributed by atoms with van der Waals surface area (Å²) in [6.45, 7) is 3.64. The van der Waals surface area contributed by atoms with E-state index in [-0.39, 0.29) is 6.42 Å². The van der Waals surface area contributed by atoms with Crippen molar-refractivity contribution in [2.24, 2.45) is 0 Å². The maximum atomic E-state index is 8.89. The fourth-order valence-corrected chi connectivity index (χ4v) is 3.23. The van der Waals surface area contributed by atoms with E-state index < -0.39 is 5.97 Å². The minimum Gasteiger partial charge on any atom is -0.489 e. The lowest BCUT2D eigenvalue weighted by molar-refractivity contribution is 0.306. The maximum absolute atomic E-state index is 8.89. The Morgan fingerprint density at radius 3 is 2.31 bits per heavy atom. The first kappa shape index (κ1) is 20.5. The Kier molecular flexibility index (Phi) is 7.28. The Labute approximate surface area is 172 Å². The van der Waals surface area contributed by atoms with Gasteiger partial charge in [0.1, 0.15) is 18.8 Å². The van der Waals surface area contributed by atoms with Crippen molar-refractivity contribution in [1.29, 1.82) is 0 Å². The van der Waals surface area contributed by atoms with Gasteiger partial charge >= 0.3 is 5.97 Å². The van der Waals surface area contributed by atoms with Gasteiger partial charge in [-0.1, -0.05) is 49.4 Å². The molecule has 0 aliphatic rings. The normalized spacial score (nSPS) is 10.5. The number of rotatable bonds is 10.